The Balaban J connectivity index is 1.71. The smallest absolute Gasteiger partial charge is 0.256 e. The molecule has 0 bridgehead atoms. The average molecular weight is 293 g/mol. The Morgan fingerprint density at radius 2 is 1.91 bits per heavy atom. The molecule has 0 aromatic heterocycles. The van der Waals surface area contributed by atoms with Crippen molar-refractivity contribution in [2.45, 2.75) is 0 Å². The first kappa shape index (κ1) is 12.6. The summed E-state index contributed by atoms with van der Waals surface area (Å²) in [6.45, 7) is 0.157. The molecule has 0 aliphatic carbocycles. The molecule has 0 spiro atoms. The van der Waals surface area contributed by atoms with Crippen molar-refractivity contribution in [1.82, 2.24) is 0 Å². The van der Waals surface area contributed by atoms with Crippen LogP contribution in [0.2, 0.25) is 0 Å². The zero-order valence-corrected chi connectivity index (χ0v) is 11.5. The molecule has 4 rings (SSSR count). The molecule has 0 radical (unpaired) electrons. The molecule has 108 valence electrons. The first-order valence-electron chi connectivity index (χ1n) is 6.79. The van der Waals surface area contributed by atoms with E-state index in [1.165, 1.54) is 6.08 Å². The van der Waals surface area contributed by atoms with Gasteiger partial charge in [0.05, 0.1) is 5.57 Å². The number of ketones is 1. The van der Waals surface area contributed by atoms with Crippen molar-refractivity contribution >= 4 is 23.0 Å². The molecule has 5 nitrogen and oxygen atoms in total. The van der Waals surface area contributed by atoms with Gasteiger partial charge in [0.1, 0.15) is 0 Å². The fraction of sp³-hybridized carbons (Fsp3) is 0.0588. The number of fused-ring (bicyclic) bond motifs is 2. The van der Waals surface area contributed by atoms with Gasteiger partial charge in [0.25, 0.3) is 5.91 Å². The third-order valence-corrected chi connectivity index (χ3v) is 3.64. The molecule has 2 heterocycles. The van der Waals surface area contributed by atoms with Crippen LogP contribution in [-0.4, -0.2) is 18.5 Å². The fourth-order valence-electron chi connectivity index (χ4n) is 2.55. The minimum Gasteiger partial charge on any atom is -0.454 e. The molecule has 0 unspecified atom stereocenters. The number of para-hydroxylation sites is 1. The number of ether oxygens (including phenoxy) is 2. The van der Waals surface area contributed by atoms with E-state index in [1.54, 1.807) is 24.3 Å². The highest BCUT2D eigenvalue weighted by Crippen LogP contribution is 2.34. The first-order chi connectivity index (χ1) is 10.7. The second-order valence-corrected chi connectivity index (χ2v) is 4.99. The molecule has 0 saturated carbocycles. The SMILES string of the molecule is O=C1Nc2ccccc2C1=CC(=O)c1ccc2c(c1)OCO2. The number of nitrogens with one attached hydrogen (secondary N) is 1. The number of anilines is 1. The quantitative estimate of drug-likeness (QED) is 0.683. The normalized spacial score (nSPS) is 16.5. The van der Waals surface area contributed by atoms with Crippen LogP contribution < -0.4 is 14.8 Å². The van der Waals surface area contributed by atoms with Crippen molar-refractivity contribution in [3.8, 4) is 11.5 Å². The molecule has 2 aromatic carbocycles. The van der Waals surface area contributed by atoms with Crippen molar-refractivity contribution < 1.29 is 19.1 Å². The Bertz CT molecular complexity index is 838. The predicted molar refractivity (Wildman–Crippen MR) is 79.9 cm³/mol. The van der Waals surface area contributed by atoms with E-state index in [1.807, 2.05) is 18.2 Å². The molecule has 0 saturated heterocycles. The van der Waals surface area contributed by atoms with Crippen molar-refractivity contribution in [1.29, 1.82) is 0 Å². The third-order valence-electron chi connectivity index (χ3n) is 3.64. The molecule has 1 amide bonds. The van der Waals surface area contributed by atoms with Gasteiger partial charge in [-0.1, -0.05) is 18.2 Å². The van der Waals surface area contributed by atoms with Crippen LogP contribution in [0.5, 0.6) is 11.5 Å². The van der Waals surface area contributed by atoms with Gasteiger partial charge in [-0.05, 0) is 30.3 Å². The Hall–Kier alpha value is -3.08. The summed E-state index contributed by atoms with van der Waals surface area (Å²) in [5, 5.41) is 2.74. The number of amides is 1. The van der Waals surface area contributed by atoms with Gasteiger partial charge in [-0.3, -0.25) is 9.59 Å². The zero-order valence-electron chi connectivity index (χ0n) is 11.5. The Kier molecular flexibility index (Phi) is 2.72. The van der Waals surface area contributed by atoms with E-state index in [9.17, 15) is 9.59 Å². The van der Waals surface area contributed by atoms with Crippen LogP contribution >= 0.6 is 0 Å². The summed E-state index contributed by atoms with van der Waals surface area (Å²) in [4.78, 5) is 24.4. The lowest BCUT2D eigenvalue weighted by Gasteiger charge is -2.00. The second kappa shape index (κ2) is 4.73. The molecule has 2 aliphatic heterocycles. The van der Waals surface area contributed by atoms with Crippen LogP contribution in [0, 0.1) is 0 Å². The summed E-state index contributed by atoms with van der Waals surface area (Å²) in [5.41, 5.74) is 2.28. The Morgan fingerprint density at radius 1 is 1.09 bits per heavy atom. The second-order valence-electron chi connectivity index (χ2n) is 4.99. The van der Waals surface area contributed by atoms with Gasteiger partial charge in [-0.2, -0.15) is 0 Å². The molecule has 2 aliphatic rings. The first-order valence-corrected chi connectivity index (χ1v) is 6.79. The number of hydrogen-bond acceptors (Lipinski definition) is 4. The Morgan fingerprint density at radius 3 is 2.82 bits per heavy atom. The largest absolute Gasteiger partial charge is 0.454 e. The maximum Gasteiger partial charge on any atom is 0.256 e. The van der Waals surface area contributed by atoms with Gasteiger partial charge in [-0.25, -0.2) is 0 Å². The molecular weight excluding hydrogens is 282 g/mol. The van der Waals surface area contributed by atoms with Gasteiger partial charge < -0.3 is 14.8 Å². The fourth-order valence-corrected chi connectivity index (χ4v) is 2.55. The number of rotatable bonds is 2. The lowest BCUT2D eigenvalue weighted by atomic mass is 10.0. The predicted octanol–water partition coefficient (Wildman–Crippen LogP) is 2.63. The number of carbonyl (C=O) groups is 2. The molecule has 0 atom stereocenters. The number of hydrogen-bond donors (Lipinski definition) is 1. The molecule has 1 N–H and O–H groups in total. The van der Waals surface area contributed by atoms with Crippen molar-refractivity contribution in [3.05, 3.63) is 59.7 Å². The van der Waals surface area contributed by atoms with E-state index < -0.39 is 0 Å². The van der Waals surface area contributed by atoms with E-state index in [4.69, 9.17) is 9.47 Å². The highest BCUT2D eigenvalue weighted by molar-refractivity contribution is 6.35. The number of benzene rings is 2. The minimum absolute atomic E-state index is 0.157. The maximum atomic E-state index is 12.4. The summed E-state index contributed by atoms with van der Waals surface area (Å²) in [7, 11) is 0. The summed E-state index contributed by atoms with van der Waals surface area (Å²) >= 11 is 0. The van der Waals surface area contributed by atoms with E-state index in [0.29, 0.717) is 22.6 Å². The number of allylic oxidation sites excluding steroid dienone is 1. The monoisotopic (exact) mass is 293 g/mol. The van der Waals surface area contributed by atoms with Crippen molar-refractivity contribution in [3.63, 3.8) is 0 Å². The highest BCUT2D eigenvalue weighted by Gasteiger charge is 2.25. The average Bonchev–Trinajstić information content (AvgIpc) is 3.11. The van der Waals surface area contributed by atoms with Crippen LogP contribution in [-0.2, 0) is 4.79 Å². The summed E-state index contributed by atoms with van der Waals surface area (Å²) in [6.07, 6.45) is 1.36. The summed E-state index contributed by atoms with van der Waals surface area (Å²) in [6, 6.07) is 12.3. The molecule has 0 fully saturated rings. The van der Waals surface area contributed by atoms with Crippen LogP contribution in [0.15, 0.2) is 48.5 Å². The van der Waals surface area contributed by atoms with Gasteiger partial charge in [0.15, 0.2) is 17.3 Å². The van der Waals surface area contributed by atoms with Crippen LogP contribution in [0.1, 0.15) is 15.9 Å². The minimum atomic E-state index is -0.268. The lowest BCUT2D eigenvalue weighted by molar-refractivity contribution is -0.110. The van der Waals surface area contributed by atoms with E-state index >= 15 is 0 Å². The van der Waals surface area contributed by atoms with Gasteiger partial charge in [0, 0.05) is 16.8 Å². The van der Waals surface area contributed by atoms with E-state index in [0.717, 1.165) is 11.3 Å². The third kappa shape index (κ3) is 1.95. The number of carbonyl (C=O) groups excluding carboxylic acids is 2. The van der Waals surface area contributed by atoms with Crippen molar-refractivity contribution in [2.75, 3.05) is 12.1 Å². The van der Waals surface area contributed by atoms with Crippen molar-refractivity contribution in [2.24, 2.45) is 0 Å². The molecule has 5 heteroatoms. The Labute approximate surface area is 126 Å². The summed E-state index contributed by atoms with van der Waals surface area (Å²) in [5.74, 6) is 0.643. The topological polar surface area (TPSA) is 64.6 Å². The van der Waals surface area contributed by atoms with E-state index in [2.05, 4.69) is 5.32 Å². The standard InChI is InChI=1S/C17H11NO4/c19-14(10-5-6-15-16(7-10)22-9-21-15)8-12-11-3-1-2-4-13(11)18-17(12)20/h1-8H,9H2,(H,18,20). The summed E-state index contributed by atoms with van der Waals surface area (Å²) < 4.78 is 10.5. The van der Waals surface area contributed by atoms with Gasteiger partial charge in [-0.15, -0.1) is 0 Å². The van der Waals surface area contributed by atoms with Gasteiger partial charge >= 0.3 is 0 Å². The molecule has 22 heavy (non-hydrogen) atoms. The zero-order chi connectivity index (χ0) is 15.1. The van der Waals surface area contributed by atoms with Gasteiger partial charge in [0.2, 0.25) is 6.79 Å². The lowest BCUT2D eigenvalue weighted by Crippen LogP contribution is -2.06. The highest BCUT2D eigenvalue weighted by atomic mass is 16.7. The van der Waals surface area contributed by atoms with Crippen LogP contribution in [0.3, 0.4) is 0 Å². The molecular formula is C17H11NO4. The maximum absolute atomic E-state index is 12.4. The van der Waals surface area contributed by atoms with Crippen LogP contribution in [0.4, 0.5) is 5.69 Å². The molecule has 2 aromatic rings. The van der Waals surface area contributed by atoms with Crippen LogP contribution in [0.25, 0.3) is 5.57 Å². The van der Waals surface area contributed by atoms with E-state index in [-0.39, 0.29) is 18.5 Å².